The fourth-order valence-electron chi connectivity index (χ4n) is 3.08. The van der Waals surface area contributed by atoms with E-state index in [2.05, 4.69) is 5.32 Å². The molecule has 1 N–H and O–H groups in total. The van der Waals surface area contributed by atoms with Crippen LogP contribution in [-0.2, 0) is 21.4 Å². The van der Waals surface area contributed by atoms with Gasteiger partial charge in [-0.05, 0) is 31.4 Å². The van der Waals surface area contributed by atoms with Gasteiger partial charge in [0.1, 0.15) is 6.04 Å². The van der Waals surface area contributed by atoms with Crippen LogP contribution in [0.4, 0.5) is 0 Å². The van der Waals surface area contributed by atoms with Crippen molar-refractivity contribution in [2.24, 2.45) is 0 Å². The van der Waals surface area contributed by atoms with Crippen molar-refractivity contribution in [2.45, 2.75) is 37.2 Å². The van der Waals surface area contributed by atoms with Gasteiger partial charge in [0.25, 0.3) is 5.56 Å². The van der Waals surface area contributed by atoms with Crippen LogP contribution in [0.1, 0.15) is 31.4 Å². The van der Waals surface area contributed by atoms with Gasteiger partial charge in [-0.2, -0.15) is 4.31 Å². The molecule has 0 unspecified atom stereocenters. The van der Waals surface area contributed by atoms with E-state index in [1.807, 2.05) is 30.3 Å². The van der Waals surface area contributed by atoms with Gasteiger partial charge in [0, 0.05) is 31.9 Å². The normalized spacial score (nSPS) is 16.2. The van der Waals surface area contributed by atoms with Crippen LogP contribution in [0.5, 0.6) is 0 Å². The SMILES string of the molecule is C[C@H](C(=O)NCc1ccccc1)n1cc(S(=O)(=O)N2CCCC2)ccc1=O. The Morgan fingerprint density at radius 2 is 1.78 bits per heavy atom. The molecule has 1 atom stereocenters. The lowest BCUT2D eigenvalue weighted by atomic mass is 10.2. The third-order valence-electron chi connectivity index (χ3n) is 4.72. The number of rotatable bonds is 6. The molecule has 0 radical (unpaired) electrons. The first kappa shape index (κ1) is 19.3. The smallest absolute Gasteiger partial charge is 0.251 e. The average Bonchev–Trinajstić information content (AvgIpc) is 3.22. The minimum atomic E-state index is -3.65. The molecule has 1 saturated heterocycles. The molecule has 3 rings (SSSR count). The molecule has 0 aliphatic carbocycles. The molecule has 7 nitrogen and oxygen atoms in total. The number of aromatic nitrogens is 1. The summed E-state index contributed by atoms with van der Waals surface area (Å²) in [5.74, 6) is -0.350. The van der Waals surface area contributed by atoms with Gasteiger partial charge in [-0.3, -0.25) is 9.59 Å². The Bertz CT molecular complexity index is 964. The summed E-state index contributed by atoms with van der Waals surface area (Å²) < 4.78 is 28.0. The van der Waals surface area contributed by atoms with Crippen molar-refractivity contribution in [1.29, 1.82) is 0 Å². The summed E-state index contributed by atoms with van der Waals surface area (Å²) in [6.07, 6.45) is 2.93. The minimum absolute atomic E-state index is 0.0340. The topological polar surface area (TPSA) is 88.5 Å². The zero-order chi connectivity index (χ0) is 19.4. The highest BCUT2D eigenvalue weighted by atomic mass is 32.2. The lowest BCUT2D eigenvalue weighted by molar-refractivity contribution is -0.124. The monoisotopic (exact) mass is 389 g/mol. The van der Waals surface area contributed by atoms with E-state index >= 15 is 0 Å². The fourth-order valence-corrected chi connectivity index (χ4v) is 4.60. The van der Waals surface area contributed by atoms with E-state index in [-0.39, 0.29) is 10.8 Å². The molecule has 8 heteroatoms. The summed E-state index contributed by atoms with van der Waals surface area (Å²) >= 11 is 0. The Balaban J connectivity index is 1.79. The molecule has 1 amide bonds. The number of pyridine rings is 1. The summed E-state index contributed by atoms with van der Waals surface area (Å²) in [6.45, 7) is 2.88. The Kier molecular flexibility index (Phi) is 5.76. The molecule has 0 bridgehead atoms. The number of carbonyl (C=O) groups is 1. The Labute approximate surface area is 158 Å². The van der Waals surface area contributed by atoms with Gasteiger partial charge in [-0.25, -0.2) is 8.42 Å². The molecule has 1 aliphatic rings. The van der Waals surface area contributed by atoms with Crippen molar-refractivity contribution in [2.75, 3.05) is 13.1 Å². The van der Waals surface area contributed by atoms with Crippen LogP contribution >= 0.6 is 0 Å². The molecule has 27 heavy (non-hydrogen) atoms. The van der Waals surface area contributed by atoms with Crippen molar-refractivity contribution in [1.82, 2.24) is 14.2 Å². The number of amides is 1. The second kappa shape index (κ2) is 8.06. The lowest BCUT2D eigenvalue weighted by Crippen LogP contribution is -2.36. The maximum Gasteiger partial charge on any atom is 0.251 e. The van der Waals surface area contributed by atoms with Crippen molar-refractivity contribution >= 4 is 15.9 Å². The average molecular weight is 389 g/mol. The molecular formula is C19H23N3O4S. The van der Waals surface area contributed by atoms with Gasteiger partial charge < -0.3 is 9.88 Å². The molecule has 2 heterocycles. The highest BCUT2D eigenvalue weighted by Gasteiger charge is 2.28. The first-order chi connectivity index (χ1) is 12.9. The number of nitrogens with one attached hydrogen (secondary N) is 1. The first-order valence-corrected chi connectivity index (χ1v) is 10.4. The predicted molar refractivity (Wildman–Crippen MR) is 102 cm³/mol. The molecule has 2 aromatic rings. The quantitative estimate of drug-likeness (QED) is 0.811. The number of nitrogens with zero attached hydrogens (tertiary/aromatic N) is 2. The van der Waals surface area contributed by atoms with E-state index in [0.717, 1.165) is 18.4 Å². The van der Waals surface area contributed by atoms with Crippen molar-refractivity contribution in [3.8, 4) is 0 Å². The van der Waals surface area contributed by atoms with E-state index in [1.165, 1.54) is 27.2 Å². The maximum absolute atomic E-state index is 12.7. The highest BCUT2D eigenvalue weighted by molar-refractivity contribution is 7.89. The lowest BCUT2D eigenvalue weighted by Gasteiger charge is -2.19. The minimum Gasteiger partial charge on any atom is -0.350 e. The third-order valence-corrected chi connectivity index (χ3v) is 6.60. The zero-order valence-electron chi connectivity index (χ0n) is 15.2. The van der Waals surface area contributed by atoms with E-state index in [9.17, 15) is 18.0 Å². The summed E-state index contributed by atoms with van der Waals surface area (Å²) in [5.41, 5.74) is 0.522. The van der Waals surface area contributed by atoms with E-state index in [1.54, 1.807) is 6.92 Å². The molecule has 1 aliphatic heterocycles. The van der Waals surface area contributed by atoms with Gasteiger partial charge >= 0.3 is 0 Å². The summed E-state index contributed by atoms with van der Waals surface area (Å²) in [6, 6.07) is 11.1. The third kappa shape index (κ3) is 4.28. The predicted octanol–water partition coefficient (Wildman–Crippen LogP) is 1.51. The Morgan fingerprint density at radius 1 is 1.11 bits per heavy atom. The number of carbonyl (C=O) groups excluding carboxylic acids is 1. The van der Waals surface area contributed by atoms with Crippen LogP contribution in [0.15, 0.2) is 58.4 Å². The van der Waals surface area contributed by atoms with E-state index < -0.39 is 21.6 Å². The molecule has 1 fully saturated rings. The summed E-state index contributed by atoms with van der Waals surface area (Å²) in [4.78, 5) is 24.7. The molecule has 1 aromatic heterocycles. The largest absolute Gasteiger partial charge is 0.350 e. The van der Waals surface area contributed by atoms with Gasteiger partial charge in [-0.15, -0.1) is 0 Å². The van der Waals surface area contributed by atoms with Crippen molar-refractivity contribution in [3.63, 3.8) is 0 Å². The second-order valence-electron chi connectivity index (χ2n) is 6.60. The van der Waals surface area contributed by atoms with Gasteiger partial charge in [0.05, 0.1) is 4.90 Å². The molecule has 144 valence electrons. The van der Waals surface area contributed by atoms with E-state index in [4.69, 9.17) is 0 Å². The second-order valence-corrected chi connectivity index (χ2v) is 8.54. The van der Waals surface area contributed by atoms with Gasteiger partial charge in [-0.1, -0.05) is 30.3 Å². The molecular weight excluding hydrogens is 366 g/mol. The van der Waals surface area contributed by atoms with Gasteiger partial charge in [0.15, 0.2) is 0 Å². The highest BCUT2D eigenvalue weighted by Crippen LogP contribution is 2.20. The van der Waals surface area contributed by atoms with Crippen LogP contribution in [0.3, 0.4) is 0 Å². The summed E-state index contributed by atoms with van der Waals surface area (Å²) in [7, 11) is -3.65. The molecule has 0 spiro atoms. The van der Waals surface area contributed by atoms with Crippen LogP contribution in [0, 0.1) is 0 Å². The maximum atomic E-state index is 12.7. The fraction of sp³-hybridized carbons (Fsp3) is 0.368. The van der Waals surface area contributed by atoms with Crippen LogP contribution < -0.4 is 10.9 Å². The molecule has 1 aromatic carbocycles. The van der Waals surface area contributed by atoms with Crippen molar-refractivity contribution in [3.05, 3.63) is 64.6 Å². The van der Waals surface area contributed by atoms with Crippen LogP contribution in [0.2, 0.25) is 0 Å². The van der Waals surface area contributed by atoms with Crippen LogP contribution in [-0.4, -0.2) is 36.3 Å². The number of benzene rings is 1. The molecule has 0 saturated carbocycles. The zero-order valence-corrected chi connectivity index (χ0v) is 16.0. The Hall–Kier alpha value is -2.45. The standard InChI is InChI=1S/C19H23N3O4S/c1-15(19(24)20-13-16-7-3-2-4-8-16)22-14-17(9-10-18(22)23)27(25,26)21-11-5-6-12-21/h2-4,7-10,14-15H,5-6,11-13H2,1H3,(H,20,24)/t15-/m1/s1. The summed E-state index contributed by atoms with van der Waals surface area (Å²) in [5, 5.41) is 2.78. The number of hydrogen-bond donors (Lipinski definition) is 1. The van der Waals surface area contributed by atoms with Crippen LogP contribution in [0.25, 0.3) is 0 Å². The number of sulfonamides is 1. The first-order valence-electron chi connectivity index (χ1n) is 8.93. The Morgan fingerprint density at radius 3 is 2.44 bits per heavy atom. The van der Waals surface area contributed by atoms with Gasteiger partial charge in [0.2, 0.25) is 15.9 Å². The van der Waals surface area contributed by atoms with E-state index in [0.29, 0.717) is 19.6 Å². The van der Waals surface area contributed by atoms with Crippen molar-refractivity contribution < 1.29 is 13.2 Å². The number of hydrogen-bond acceptors (Lipinski definition) is 4.